The average Bonchev–Trinajstić information content (AvgIpc) is 2.77. The van der Waals surface area contributed by atoms with Crippen LogP contribution in [0.1, 0.15) is 16.4 Å². The highest BCUT2D eigenvalue weighted by Gasteiger charge is 2.35. The lowest BCUT2D eigenvalue weighted by atomic mass is 10.2. The molecule has 0 spiro atoms. The van der Waals surface area contributed by atoms with E-state index in [0.29, 0.717) is 16.6 Å². The summed E-state index contributed by atoms with van der Waals surface area (Å²) in [5, 5.41) is 0.769. The van der Waals surface area contributed by atoms with Gasteiger partial charge in [-0.2, -0.15) is 0 Å². The van der Waals surface area contributed by atoms with Crippen molar-refractivity contribution < 1.29 is 17.9 Å². The lowest BCUT2D eigenvalue weighted by Crippen LogP contribution is -2.37. The number of aromatic nitrogens is 2. The lowest BCUT2D eigenvalue weighted by Gasteiger charge is -2.27. The van der Waals surface area contributed by atoms with Crippen LogP contribution in [0.25, 0.3) is 11.0 Å². The van der Waals surface area contributed by atoms with Gasteiger partial charge in [-0.3, -0.25) is 0 Å². The van der Waals surface area contributed by atoms with Crippen LogP contribution in [0.2, 0.25) is 5.15 Å². The van der Waals surface area contributed by atoms with E-state index in [1.807, 2.05) is 0 Å². The molecule has 6 nitrogen and oxygen atoms in total. The van der Waals surface area contributed by atoms with Crippen LogP contribution in [-0.2, 0) is 14.6 Å². The highest BCUT2D eigenvalue weighted by Crippen LogP contribution is 2.30. The summed E-state index contributed by atoms with van der Waals surface area (Å²) in [7, 11) is -1.65. The number of carbonyl (C=O) groups excluding carboxylic acids is 1. The number of pyridine rings is 1. The second-order valence-corrected chi connectivity index (χ2v) is 7.22. The van der Waals surface area contributed by atoms with Gasteiger partial charge in [-0.25, -0.2) is 18.2 Å². The third-order valence-corrected chi connectivity index (χ3v) is 5.32. The Hall–Kier alpha value is -1.60. The summed E-state index contributed by atoms with van der Waals surface area (Å²) in [5.41, 5.74) is 0.821. The molecule has 0 amide bonds. The topological polar surface area (TPSA) is 78.3 Å². The molecule has 0 bridgehead atoms. The highest BCUT2D eigenvalue weighted by molar-refractivity contribution is 7.92. The summed E-state index contributed by atoms with van der Waals surface area (Å²) in [5.74, 6) is -0.338. The molecule has 1 aliphatic rings. The summed E-state index contributed by atoms with van der Waals surface area (Å²) in [6.45, 7) is 0. The van der Waals surface area contributed by atoms with Crippen LogP contribution < -0.4 is 0 Å². The van der Waals surface area contributed by atoms with Crippen molar-refractivity contribution in [1.29, 1.82) is 0 Å². The normalized spacial score (nSPS) is 17.9. The predicted octanol–water partition coefficient (Wildman–Crippen LogP) is 1.45. The highest BCUT2D eigenvalue weighted by atomic mass is 35.5. The molecule has 106 valence electrons. The van der Waals surface area contributed by atoms with Gasteiger partial charge in [0.05, 0.1) is 30.2 Å². The molecule has 1 fully saturated rings. The van der Waals surface area contributed by atoms with E-state index in [2.05, 4.69) is 4.98 Å². The summed E-state index contributed by atoms with van der Waals surface area (Å²) >= 11 is 5.93. The summed E-state index contributed by atoms with van der Waals surface area (Å²) in [4.78, 5) is 15.9. The summed E-state index contributed by atoms with van der Waals surface area (Å²) in [6.07, 6.45) is 1.72. The van der Waals surface area contributed by atoms with E-state index in [1.165, 1.54) is 13.2 Å². The fraction of sp³-hybridized carbons (Fsp3) is 0.333. The van der Waals surface area contributed by atoms with Crippen molar-refractivity contribution in [3.05, 3.63) is 29.0 Å². The Morgan fingerprint density at radius 2 is 2.20 bits per heavy atom. The average molecular weight is 315 g/mol. The van der Waals surface area contributed by atoms with Crippen LogP contribution in [0.4, 0.5) is 0 Å². The molecular formula is C12H11ClN2O4S. The Balaban J connectivity index is 2.13. The summed E-state index contributed by atoms with van der Waals surface area (Å²) in [6, 6.07) is 3.00. The SMILES string of the molecule is COC(=O)c1cc(Cl)nc2c1ccn2C1CS(=O)(=O)C1. The second kappa shape index (κ2) is 4.46. The van der Waals surface area contributed by atoms with Crippen molar-refractivity contribution in [3.63, 3.8) is 0 Å². The Bertz CT molecular complexity index is 800. The van der Waals surface area contributed by atoms with Crippen molar-refractivity contribution in [2.45, 2.75) is 6.04 Å². The second-order valence-electron chi connectivity index (χ2n) is 4.68. The zero-order chi connectivity index (χ0) is 14.5. The molecule has 3 heterocycles. The van der Waals surface area contributed by atoms with E-state index in [1.54, 1.807) is 16.8 Å². The van der Waals surface area contributed by atoms with Crippen LogP contribution in [-0.4, -0.2) is 42.6 Å². The molecule has 0 saturated carbocycles. The van der Waals surface area contributed by atoms with Gasteiger partial charge in [0.1, 0.15) is 10.8 Å². The van der Waals surface area contributed by atoms with Crippen LogP contribution in [0.15, 0.2) is 18.3 Å². The molecule has 0 aliphatic carbocycles. The molecule has 0 N–H and O–H groups in total. The van der Waals surface area contributed by atoms with Gasteiger partial charge in [0.2, 0.25) is 0 Å². The minimum absolute atomic E-state index is 0.0819. The van der Waals surface area contributed by atoms with Gasteiger partial charge in [-0.05, 0) is 12.1 Å². The Morgan fingerprint density at radius 3 is 2.80 bits per heavy atom. The number of methoxy groups -OCH3 is 1. The molecule has 8 heteroatoms. The molecule has 2 aromatic rings. The van der Waals surface area contributed by atoms with E-state index < -0.39 is 15.8 Å². The maximum Gasteiger partial charge on any atom is 0.338 e. The minimum atomic E-state index is -2.94. The molecule has 0 unspecified atom stereocenters. The zero-order valence-electron chi connectivity index (χ0n) is 10.5. The number of hydrogen-bond donors (Lipinski definition) is 0. The number of sulfone groups is 1. The first-order valence-electron chi connectivity index (χ1n) is 5.87. The van der Waals surface area contributed by atoms with Crippen molar-refractivity contribution in [2.24, 2.45) is 0 Å². The Labute approximate surface area is 120 Å². The Kier molecular flexibility index (Phi) is 2.98. The number of carbonyl (C=O) groups is 1. The van der Waals surface area contributed by atoms with Crippen LogP contribution in [0, 0.1) is 0 Å². The van der Waals surface area contributed by atoms with Crippen LogP contribution in [0.3, 0.4) is 0 Å². The smallest absolute Gasteiger partial charge is 0.338 e. The minimum Gasteiger partial charge on any atom is -0.465 e. The molecule has 1 aliphatic heterocycles. The maximum atomic E-state index is 11.7. The molecule has 2 aromatic heterocycles. The molecule has 20 heavy (non-hydrogen) atoms. The largest absolute Gasteiger partial charge is 0.465 e. The lowest BCUT2D eigenvalue weighted by molar-refractivity contribution is 0.0603. The summed E-state index contributed by atoms with van der Waals surface area (Å²) < 4.78 is 29.0. The predicted molar refractivity (Wildman–Crippen MR) is 73.8 cm³/mol. The number of hydrogen-bond acceptors (Lipinski definition) is 5. The first kappa shape index (κ1) is 13.4. The van der Waals surface area contributed by atoms with Crippen molar-refractivity contribution in [2.75, 3.05) is 18.6 Å². The van der Waals surface area contributed by atoms with E-state index >= 15 is 0 Å². The number of rotatable bonds is 2. The molecular weight excluding hydrogens is 304 g/mol. The van der Waals surface area contributed by atoms with E-state index in [4.69, 9.17) is 16.3 Å². The van der Waals surface area contributed by atoms with Gasteiger partial charge >= 0.3 is 5.97 Å². The molecule has 0 aromatic carbocycles. The number of ether oxygens (including phenoxy) is 1. The fourth-order valence-electron chi connectivity index (χ4n) is 2.37. The van der Waals surface area contributed by atoms with Crippen LogP contribution in [0.5, 0.6) is 0 Å². The molecule has 0 radical (unpaired) electrons. The van der Waals surface area contributed by atoms with E-state index in [9.17, 15) is 13.2 Å². The number of nitrogens with zero attached hydrogens (tertiary/aromatic N) is 2. The third-order valence-electron chi connectivity index (χ3n) is 3.34. The Morgan fingerprint density at radius 1 is 1.50 bits per heavy atom. The van der Waals surface area contributed by atoms with Crippen molar-refractivity contribution in [3.8, 4) is 0 Å². The van der Waals surface area contributed by atoms with E-state index in [-0.39, 0.29) is 22.7 Å². The van der Waals surface area contributed by atoms with Gasteiger partial charge in [0, 0.05) is 11.6 Å². The first-order valence-corrected chi connectivity index (χ1v) is 8.07. The first-order chi connectivity index (χ1) is 9.41. The maximum absolute atomic E-state index is 11.7. The molecule has 0 atom stereocenters. The fourth-order valence-corrected chi connectivity index (χ4v) is 3.95. The zero-order valence-corrected chi connectivity index (χ0v) is 12.1. The van der Waals surface area contributed by atoms with Gasteiger partial charge in [0.15, 0.2) is 9.84 Å². The monoisotopic (exact) mass is 314 g/mol. The van der Waals surface area contributed by atoms with Crippen molar-refractivity contribution >= 4 is 38.4 Å². The van der Waals surface area contributed by atoms with Crippen LogP contribution >= 0.6 is 11.6 Å². The van der Waals surface area contributed by atoms with Crippen molar-refractivity contribution in [1.82, 2.24) is 9.55 Å². The quantitative estimate of drug-likeness (QED) is 0.619. The number of fused-ring (bicyclic) bond motifs is 1. The molecule has 1 saturated heterocycles. The third kappa shape index (κ3) is 2.06. The number of esters is 1. The number of halogens is 1. The van der Waals surface area contributed by atoms with E-state index in [0.717, 1.165) is 0 Å². The van der Waals surface area contributed by atoms with Gasteiger partial charge in [-0.1, -0.05) is 11.6 Å². The molecule has 3 rings (SSSR count). The van der Waals surface area contributed by atoms with Gasteiger partial charge in [-0.15, -0.1) is 0 Å². The standard InChI is InChI=1S/C12H11ClN2O4S/c1-19-12(16)9-4-10(13)14-11-8(9)2-3-15(11)7-5-20(17,18)6-7/h2-4,7H,5-6H2,1H3. The van der Waals surface area contributed by atoms with Gasteiger partial charge in [0.25, 0.3) is 0 Å². The van der Waals surface area contributed by atoms with Gasteiger partial charge < -0.3 is 9.30 Å².